The molecule has 0 radical (unpaired) electrons. The zero-order valence-electron chi connectivity index (χ0n) is 50.5. The molecule has 0 amide bonds. The van der Waals surface area contributed by atoms with Crippen LogP contribution >= 0.6 is 0 Å². The Balaban J connectivity index is 1.37. The molecule has 0 aromatic heterocycles. The van der Waals surface area contributed by atoms with Crippen molar-refractivity contribution >= 4 is 51.2 Å². The van der Waals surface area contributed by atoms with Crippen LogP contribution in [0, 0.1) is 138 Å². The van der Waals surface area contributed by atoms with Gasteiger partial charge >= 0.3 is 0 Å². The lowest BCUT2D eigenvalue weighted by molar-refractivity contribution is 0.730. The predicted octanol–water partition coefficient (Wildman–Crippen LogP) is 21.0. The number of benzene rings is 9. The van der Waals surface area contributed by atoms with Gasteiger partial charge in [0.15, 0.2) is 0 Å². The van der Waals surface area contributed by atoms with Gasteiger partial charge in [0.2, 0.25) is 0 Å². The summed E-state index contributed by atoms with van der Waals surface area (Å²) in [6.07, 6.45) is 0. The van der Waals surface area contributed by atoms with Crippen molar-refractivity contribution < 1.29 is 0 Å². The minimum atomic E-state index is -0.808. The molecule has 3 nitrogen and oxygen atoms in total. The highest BCUT2D eigenvalue weighted by molar-refractivity contribution is 5.92. The van der Waals surface area contributed by atoms with Gasteiger partial charge in [-0.1, -0.05) is 77.9 Å². The van der Waals surface area contributed by atoms with Crippen molar-refractivity contribution in [3.8, 4) is 0 Å². The van der Waals surface area contributed by atoms with Crippen LogP contribution in [-0.4, -0.2) is 0 Å². The minimum Gasteiger partial charge on any atom is -0.310 e. The maximum Gasteiger partial charge on any atom is 0.0743 e. The molecule has 0 fully saturated rings. The fourth-order valence-corrected chi connectivity index (χ4v) is 13.2. The van der Waals surface area contributed by atoms with Gasteiger partial charge in [0, 0.05) is 28.4 Å². The second kappa shape index (κ2) is 20.0. The van der Waals surface area contributed by atoms with Gasteiger partial charge < -0.3 is 14.7 Å². The van der Waals surface area contributed by atoms with Gasteiger partial charge in [-0.05, 0) is 322 Å². The normalized spacial score (nSPS) is 12.7. The summed E-state index contributed by atoms with van der Waals surface area (Å²) in [7, 11) is 0. The van der Waals surface area contributed by atoms with Crippen LogP contribution in [0.15, 0.2) is 127 Å². The lowest BCUT2D eigenvalue weighted by Gasteiger charge is -2.47. The standard InChI is InChI=1S/C75H81N3/c1-42-31-34-64(35-32-42)76-69-30-22-21-29-67(69)75(68-37-43(2)33-36-70(68)76,62-25-23-27-65(40-62)77(71-38-44(3)46(5)48(7)56(71)15)73-58(17)52(11)50(9)53(12)59(73)18)63-26-24-28-66(41-63)78(72-39-45(4)47(6)49(8)57(72)16)74-60(19)54(13)51(10)55(14)61(74)20/h21-41H,1-20H3. The summed E-state index contributed by atoms with van der Waals surface area (Å²) >= 11 is 0. The highest BCUT2D eigenvalue weighted by Gasteiger charge is 2.47. The average Bonchev–Trinajstić information content (AvgIpc) is 3.61. The topological polar surface area (TPSA) is 9.72 Å². The van der Waals surface area contributed by atoms with Crippen LogP contribution in [0.25, 0.3) is 0 Å². The number of anilines is 9. The van der Waals surface area contributed by atoms with Crippen LogP contribution in [0.5, 0.6) is 0 Å². The van der Waals surface area contributed by atoms with E-state index in [1.54, 1.807) is 0 Å². The molecule has 78 heavy (non-hydrogen) atoms. The highest BCUT2D eigenvalue weighted by Crippen LogP contribution is 2.59. The van der Waals surface area contributed by atoms with Gasteiger partial charge in [0.1, 0.15) is 0 Å². The summed E-state index contributed by atoms with van der Waals surface area (Å²) in [4.78, 5) is 7.72. The molecule has 0 N–H and O–H groups in total. The lowest BCUT2D eigenvalue weighted by atomic mass is 9.62. The second-order valence-electron chi connectivity index (χ2n) is 23.4. The Hall–Kier alpha value is -7.62. The molecular formula is C75H81N3. The van der Waals surface area contributed by atoms with E-state index >= 15 is 0 Å². The van der Waals surface area contributed by atoms with E-state index in [9.17, 15) is 0 Å². The van der Waals surface area contributed by atoms with Crippen molar-refractivity contribution in [3.63, 3.8) is 0 Å². The van der Waals surface area contributed by atoms with E-state index in [0.717, 1.165) is 22.7 Å². The van der Waals surface area contributed by atoms with E-state index in [4.69, 9.17) is 0 Å². The highest BCUT2D eigenvalue weighted by atomic mass is 15.2. The van der Waals surface area contributed by atoms with Gasteiger partial charge in [-0.2, -0.15) is 0 Å². The smallest absolute Gasteiger partial charge is 0.0743 e. The first kappa shape index (κ1) is 53.8. The summed E-state index contributed by atoms with van der Waals surface area (Å²) in [6, 6.07) is 49.6. The van der Waals surface area contributed by atoms with E-state index in [1.807, 2.05) is 0 Å². The molecule has 9 aromatic rings. The third-order valence-electron chi connectivity index (χ3n) is 19.5. The first-order valence-corrected chi connectivity index (χ1v) is 28.2. The fourth-order valence-electron chi connectivity index (χ4n) is 13.2. The van der Waals surface area contributed by atoms with Gasteiger partial charge in [-0.25, -0.2) is 0 Å². The van der Waals surface area contributed by atoms with E-state index in [-0.39, 0.29) is 0 Å². The van der Waals surface area contributed by atoms with Crippen molar-refractivity contribution in [3.05, 3.63) is 261 Å². The number of hydrogen-bond donors (Lipinski definition) is 0. The molecule has 0 saturated carbocycles. The van der Waals surface area contributed by atoms with Gasteiger partial charge in [0.05, 0.1) is 28.2 Å². The SMILES string of the molecule is Cc1ccc(N2c3ccccc3C(c3cccc(N(c4cc(C)c(C)c(C)c4C)c4c(C)c(C)c(C)c(C)c4C)c3)(c3cccc(N(c4cc(C)c(C)c(C)c4C)c4c(C)c(C)c(C)c(C)c4C)c3)c3cc(C)ccc32)cc1. The van der Waals surface area contributed by atoms with Gasteiger partial charge in [0.25, 0.3) is 0 Å². The lowest BCUT2D eigenvalue weighted by Crippen LogP contribution is -2.38. The molecule has 1 aliphatic heterocycles. The number of rotatable bonds is 9. The predicted molar refractivity (Wildman–Crippen MR) is 337 cm³/mol. The zero-order valence-corrected chi connectivity index (χ0v) is 50.5. The number of fused-ring (bicyclic) bond motifs is 2. The number of hydrogen-bond acceptors (Lipinski definition) is 3. The summed E-state index contributed by atoms with van der Waals surface area (Å²) in [5, 5.41) is 0. The number of para-hydroxylation sites is 1. The van der Waals surface area contributed by atoms with Crippen molar-refractivity contribution in [2.45, 2.75) is 144 Å². The van der Waals surface area contributed by atoms with Crippen molar-refractivity contribution in [2.24, 2.45) is 0 Å². The second-order valence-corrected chi connectivity index (χ2v) is 23.4. The molecular weight excluding hydrogens is 943 g/mol. The van der Waals surface area contributed by atoms with Gasteiger partial charge in [-0.3, -0.25) is 0 Å². The summed E-state index contributed by atoms with van der Waals surface area (Å²) in [5.41, 5.74) is 41.1. The molecule has 3 heteroatoms. The molecule has 10 rings (SSSR count). The Bertz CT molecular complexity index is 3680. The maximum atomic E-state index is 2.61. The first-order valence-electron chi connectivity index (χ1n) is 28.2. The van der Waals surface area contributed by atoms with Crippen molar-refractivity contribution in [1.82, 2.24) is 0 Å². The van der Waals surface area contributed by atoms with Crippen LogP contribution < -0.4 is 14.7 Å². The Labute approximate surface area is 468 Å². The summed E-state index contributed by atoms with van der Waals surface area (Å²) < 4.78 is 0. The molecule has 0 bridgehead atoms. The monoisotopic (exact) mass is 1020 g/mol. The third kappa shape index (κ3) is 8.22. The zero-order chi connectivity index (χ0) is 56.1. The molecule has 0 saturated heterocycles. The van der Waals surface area contributed by atoms with Crippen LogP contribution in [-0.2, 0) is 5.41 Å². The molecule has 396 valence electrons. The Morgan fingerprint density at radius 3 is 1.13 bits per heavy atom. The van der Waals surface area contributed by atoms with Crippen LogP contribution in [0.4, 0.5) is 51.2 Å². The number of nitrogens with zero attached hydrogens (tertiary/aromatic N) is 3. The van der Waals surface area contributed by atoms with E-state index in [1.165, 1.54) is 162 Å². The molecule has 0 unspecified atom stereocenters. The summed E-state index contributed by atoms with van der Waals surface area (Å²) in [5.74, 6) is 0. The Morgan fingerprint density at radius 2 is 0.679 bits per heavy atom. The van der Waals surface area contributed by atoms with Crippen molar-refractivity contribution in [2.75, 3.05) is 14.7 Å². The maximum absolute atomic E-state index is 2.61. The van der Waals surface area contributed by atoms with E-state index in [0.29, 0.717) is 0 Å². The van der Waals surface area contributed by atoms with Crippen LogP contribution in [0.1, 0.15) is 134 Å². The van der Waals surface area contributed by atoms with E-state index in [2.05, 4.69) is 281 Å². The fraction of sp³-hybridized carbons (Fsp3) is 0.280. The van der Waals surface area contributed by atoms with E-state index < -0.39 is 5.41 Å². The van der Waals surface area contributed by atoms with Crippen LogP contribution in [0.3, 0.4) is 0 Å². The molecule has 0 aliphatic carbocycles. The quantitative estimate of drug-likeness (QED) is 0.143. The van der Waals surface area contributed by atoms with Crippen molar-refractivity contribution in [1.29, 1.82) is 0 Å². The minimum absolute atomic E-state index is 0.808. The molecule has 0 spiro atoms. The Morgan fingerprint density at radius 1 is 0.295 bits per heavy atom. The molecule has 9 aromatic carbocycles. The average molecular weight is 1020 g/mol. The van der Waals surface area contributed by atoms with Gasteiger partial charge in [-0.15, -0.1) is 0 Å². The van der Waals surface area contributed by atoms with Crippen LogP contribution in [0.2, 0.25) is 0 Å². The molecule has 1 aliphatic rings. The molecule has 1 heterocycles. The largest absolute Gasteiger partial charge is 0.310 e. The summed E-state index contributed by atoms with van der Waals surface area (Å²) in [6.45, 7) is 45.9. The Kier molecular flexibility index (Phi) is 13.8. The third-order valence-corrected chi connectivity index (χ3v) is 19.5. The first-order chi connectivity index (χ1) is 37.0. The molecule has 0 atom stereocenters. The number of aryl methyl sites for hydroxylation is 4.